The van der Waals surface area contributed by atoms with E-state index in [0.717, 1.165) is 67.5 Å². The fraction of sp³-hybridized carbons (Fsp3) is 0.471. The number of epoxide rings is 3. The lowest BCUT2D eigenvalue weighted by molar-refractivity contribution is 0.255. The first kappa shape index (κ1) is 28.0. The zero-order valence-electron chi connectivity index (χ0n) is 23.8. The van der Waals surface area contributed by atoms with E-state index in [0.29, 0.717) is 26.4 Å². The van der Waals surface area contributed by atoms with Crippen molar-refractivity contribution in [3.8, 4) is 17.2 Å². The average molecular weight is 560 g/mol. The third-order valence-corrected chi connectivity index (χ3v) is 8.08. The molecule has 3 saturated heterocycles. The van der Waals surface area contributed by atoms with Gasteiger partial charge in [0.1, 0.15) is 55.4 Å². The van der Waals surface area contributed by atoms with Crippen molar-refractivity contribution in [1.82, 2.24) is 0 Å². The highest BCUT2D eigenvalue weighted by atomic mass is 16.6. The first-order chi connectivity index (χ1) is 20.2. The predicted octanol–water partition coefficient (Wildman–Crippen LogP) is 5.04. The summed E-state index contributed by atoms with van der Waals surface area (Å²) < 4.78 is 35.1. The fourth-order valence-electron chi connectivity index (χ4n) is 5.39. The second kappa shape index (κ2) is 13.3. The van der Waals surface area contributed by atoms with Crippen LogP contribution < -0.4 is 19.9 Å². The van der Waals surface area contributed by atoms with Gasteiger partial charge < -0.3 is 34.2 Å². The second-order valence-electron chi connectivity index (χ2n) is 11.2. The van der Waals surface area contributed by atoms with Gasteiger partial charge in [0.15, 0.2) is 0 Å². The normalized spacial score (nSPS) is 22.0. The van der Waals surface area contributed by atoms with Gasteiger partial charge in [0, 0.05) is 5.92 Å². The van der Waals surface area contributed by atoms with Crippen LogP contribution in [0.2, 0.25) is 0 Å². The number of hydrogen-bond acceptors (Lipinski definition) is 7. The highest BCUT2D eigenvalue weighted by Crippen LogP contribution is 2.39. The first-order valence-corrected chi connectivity index (χ1v) is 14.9. The van der Waals surface area contributed by atoms with E-state index in [-0.39, 0.29) is 30.1 Å². The molecule has 0 bridgehead atoms. The second-order valence-corrected chi connectivity index (χ2v) is 11.2. The van der Waals surface area contributed by atoms with E-state index in [9.17, 15) is 0 Å². The SMILES string of the molecule is CCC(Cc1ccccc1OCC1CO1)c1cccc(CC(CN)c2ccccc2OCC2CO2)c1OCC1CO1. The van der Waals surface area contributed by atoms with E-state index < -0.39 is 0 Å². The number of ether oxygens (including phenoxy) is 6. The molecule has 3 fully saturated rings. The quantitative estimate of drug-likeness (QED) is 0.232. The Balaban J connectivity index is 1.26. The van der Waals surface area contributed by atoms with Crippen LogP contribution in [0, 0.1) is 0 Å². The summed E-state index contributed by atoms with van der Waals surface area (Å²) in [6.07, 6.45) is 3.17. The van der Waals surface area contributed by atoms with Crippen LogP contribution in [0.4, 0.5) is 0 Å². The molecule has 0 aliphatic carbocycles. The van der Waals surface area contributed by atoms with Gasteiger partial charge in [-0.25, -0.2) is 0 Å². The molecule has 3 aliphatic rings. The highest BCUT2D eigenvalue weighted by Gasteiger charge is 2.28. The van der Waals surface area contributed by atoms with Crippen LogP contribution in [0.3, 0.4) is 0 Å². The molecule has 0 radical (unpaired) electrons. The molecule has 0 amide bonds. The molecule has 0 saturated carbocycles. The van der Waals surface area contributed by atoms with Crippen molar-refractivity contribution in [2.24, 2.45) is 5.73 Å². The third kappa shape index (κ3) is 7.60. The molecule has 3 aliphatic heterocycles. The Morgan fingerprint density at radius 3 is 1.85 bits per heavy atom. The molecule has 3 aromatic rings. The Hall–Kier alpha value is -3.10. The molecule has 41 heavy (non-hydrogen) atoms. The summed E-state index contributed by atoms with van der Waals surface area (Å²) >= 11 is 0. The van der Waals surface area contributed by atoms with E-state index in [1.165, 1.54) is 11.1 Å². The summed E-state index contributed by atoms with van der Waals surface area (Å²) in [4.78, 5) is 0. The molecule has 218 valence electrons. The summed E-state index contributed by atoms with van der Waals surface area (Å²) in [5.41, 5.74) is 11.1. The minimum atomic E-state index is 0.0833. The molecular formula is C34H41NO6. The van der Waals surface area contributed by atoms with Gasteiger partial charge in [0.05, 0.1) is 19.8 Å². The average Bonchev–Trinajstić information content (AvgIpc) is 3.86. The number of benzene rings is 3. The maximum Gasteiger partial charge on any atom is 0.126 e. The molecule has 0 spiro atoms. The van der Waals surface area contributed by atoms with Gasteiger partial charge in [0.25, 0.3) is 0 Å². The Bertz CT molecular complexity index is 1290. The predicted molar refractivity (Wildman–Crippen MR) is 157 cm³/mol. The molecule has 5 unspecified atom stereocenters. The molecule has 5 atom stereocenters. The minimum absolute atomic E-state index is 0.0833. The smallest absolute Gasteiger partial charge is 0.126 e. The molecule has 3 heterocycles. The number of nitrogens with two attached hydrogens (primary N) is 1. The van der Waals surface area contributed by atoms with Gasteiger partial charge in [-0.2, -0.15) is 0 Å². The molecule has 2 N–H and O–H groups in total. The molecule has 7 nitrogen and oxygen atoms in total. The fourth-order valence-corrected chi connectivity index (χ4v) is 5.39. The zero-order chi connectivity index (χ0) is 28.0. The van der Waals surface area contributed by atoms with Crippen LogP contribution in [0.25, 0.3) is 0 Å². The van der Waals surface area contributed by atoms with Crippen molar-refractivity contribution in [1.29, 1.82) is 0 Å². The summed E-state index contributed by atoms with van der Waals surface area (Å²) in [5.74, 6) is 3.12. The summed E-state index contributed by atoms with van der Waals surface area (Å²) in [6, 6.07) is 23.1. The highest BCUT2D eigenvalue weighted by molar-refractivity contribution is 5.47. The van der Waals surface area contributed by atoms with Crippen molar-refractivity contribution in [3.63, 3.8) is 0 Å². The first-order valence-electron chi connectivity index (χ1n) is 14.9. The molecular weight excluding hydrogens is 518 g/mol. The van der Waals surface area contributed by atoms with E-state index >= 15 is 0 Å². The monoisotopic (exact) mass is 559 g/mol. The van der Waals surface area contributed by atoms with E-state index in [4.69, 9.17) is 34.2 Å². The lowest BCUT2D eigenvalue weighted by atomic mass is 9.85. The number of para-hydroxylation sites is 3. The lowest BCUT2D eigenvalue weighted by Crippen LogP contribution is -2.18. The number of hydrogen-bond donors (Lipinski definition) is 1. The van der Waals surface area contributed by atoms with Crippen molar-refractivity contribution in [3.05, 3.63) is 89.0 Å². The minimum Gasteiger partial charge on any atom is -0.491 e. The van der Waals surface area contributed by atoms with Crippen LogP contribution in [-0.2, 0) is 27.1 Å². The summed E-state index contributed by atoms with van der Waals surface area (Å²) in [5, 5.41) is 0. The molecule has 3 aromatic carbocycles. The summed E-state index contributed by atoms with van der Waals surface area (Å²) in [6.45, 7) is 6.77. The van der Waals surface area contributed by atoms with Gasteiger partial charge in [-0.1, -0.05) is 61.5 Å². The topological polar surface area (TPSA) is 91.3 Å². The van der Waals surface area contributed by atoms with Crippen LogP contribution in [0.5, 0.6) is 17.2 Å². The maximum absolute atomic E-state index is 6.57. The summed E-state index contributed by atoms with van der Waals surface area (Å²) in [7, 11) is 0. The van der Waals surface area contributed by atoms with Crippen molar-refractivity contribution in [2.75, 3.05) is 46.2 Å². The Labute approximate surface area is 242 Å². The van der Waals surface area contributed by atoms with Crippen LogP contribution >= 0.6 is 0 Å². The third-order valence-electron chi connectivity index (χ3n) is 8.08. The molecule has 6 rings (SSSR count). The van der Waals surface area contributed by atoms with Crippen molar-refractivity contribution < 1.29 is 28.4 Å². The van der Waals surface area contributed by atoms with Crippen LogP contribution in [0.1, 0.15) is 47.4 Å². The Kier molecular flexibility index (Phi) is 9.06. The largest absolute Gasteiger partial charge is 0.491 e. The van der Waals surface area contributed by atoms with Crippen LogP contribution in [0.15, 0.2) is 66.7 Å². The Morgan fingerprint density at radius 2 is 1.20 bits per heavy atom. The Morgan fingerprint density at radius 1 is 0.659 bits per heavy atom. The number of rotatable bonds is 17. The van der Waals surface area contributed by atoms with Crippen molar-refractivity contribution >= 4 is 0 Å². The van der Waals surface area contributed by atoms with Gasteiger partial charge in [-0.05, 0) is 66.1 Å². The van der Waals surface area contributed by atoms with Crippen LogP contribution in [-0.4, -0.2) is 64.5 Å². The van der Waals surface area contributed by atoms with Gasteiger partial charge >= 0.3 is 0 Å². The van der Waals surface area contributed by atoms with E-state index in [2.05, 4.69) is 55.5 Å². The molecule has 0 aromatic heterocycles. The zero-order valence-corrected chi connectivity index (χ0v) is 23.8. The van der Waals surface area contributed by atoms with E-state index in [1.807, 2.05) is 18.2 Å². The van der Waals surface area contributed by atoms with Gasteiger partial charge in [-0.15, -0.1) is 0 Å². The van der Waals surface area contributed by atoms with Crippen molar-refractivity contribution in [2.45, 2.75) is 56.3 Å². The molecule has 7 heteroatoms. The maximum atomic E-state index is 6.57. The van der Waals surface area contributed by atoms with E-state index in [1.54, 1.807) is 0 Å². The lowest BCUT2D eigenvalue weighted by Gasteiger charge is -2.25. The van der Waals surface area contributed by atoms with Gasteiger partial charge in [0.2, 0.25) is 0 Å². The standard InChI is InChI=1S/C34H41NO6/c1-2-23(14-24-8-3-5-12-32(24)39-20-27-17-36-27)31-11-7-9-25(34(31)41-22-29-19-38-29)15-26(16-35)30-10-4-6-13-33(30)40-21-28-18-37-28/h3-13,23,26-29H,2,14-22,35H2,1H3. The van der Waals surface area contributed by atoms with Gasteiger partial charge in [-0.3, -0.25) is 0 Å².